The molecule has 1 aliphatic heterocycles. The minimum Gasteiger partial charge on any atom is -0.326 e. The van der Waals surface area contributed by atoms with Crippen LogP contribution in [-0.4, -0.2) is 16.8 Å². The first-order valence-electron chi connectivity index (χ1n) is 8.59. The molecule has 2 heterocycles. The number of aromatic nitrogens is 1. The lowest BCUT2D eigenvalue weighted by Crippen LogP contribution is -2.30. The van der Waals surface area contributed by atoms with E-state index < -0.39 is 5.92 Å². The molecule has 3 aromatic rings. The lowest BCUT2D eigenvalue weighted by molar-refractivity contribution is -0.123. The number of anilines is 2. The Bertz CT molecular complexity index is 1070. The zero-order valence-corrected chi connectivity index (χ0v) is 17.3. The maximum atomic E-state index is 12.8. The van der Waals surface area contributed by atoms with Gasteiger partial charge in [0.05, 0.1) is 10.9 Å². The number of carbonyl (C=O) groups excluding carboxylic acids is 2. The summed E-state index contributed by atoms with van der Waals surface area (Å²) in [7, 11) is 0. The van der Waals surface area contributed by atoms with E-state index in [4.69, 9.17) is 11.6 Å². The van der Waals surface area contributed by atoms with Gasteiger partial charge < -0.3 is 10.6 Å². The number of nitrogens with one attached hydrogen (secondary N) is 2. The molecule has 0 spiro atoms. The summed E-state index contributed by atoms with van der Waals surface area (Å²) < 4.78 is 0.918. The number of halogens is 1. The van der Waals surface area contributed by atoms with E-state index in [-0.39, 0.29) is 18.2 Å². The molecule has 0 radical (unpaired) electrons. The first kappa shape index (κ1) is 19.0. The summed E-state index contributed by atoms with van der Waals surface area (Å²) in [4.78, 5) is 30.1. The van der Waals surface area contributed by atoms with Gasteiger partial charge in [-0.2, -0.15) is 0 Å². The van der Waals surface area contributed by atoms with Crippen LogP contribution in [0.5, 0.6) is 0 Å². The van der Waals surface area contributed by atoms with Gasteiger partial charge in [-0.1, -0.05) is 41.6 Å². The van der Waals surface area contributed by atoms with Gasteiger partial charge in [0, 0.05) is 33.8 Å². The number of benzene rings is 2. The molecule has 1 unspecified atom stereocenters. The standard InChI is InChI=1S/C20H16ClN3O2S2/c1-11-10-27-20(22-11)28-17-7-6-12(8-15(17)21)23-19(26)14-9-18(25)24-16-5-3-2-4-13(14)16/h2-8,10,14H,9H2,1H3,(H,23,26)(H,24,25). The van der Waals surface area contributed by atoms with Crippen molar-refractivity contribution in [1.29, 1.82) is 0 Å². The van der Waals surface area contributed by atoms with Crippen LogP contribution in [-0.2, 0) is 9.59 Å². The number of rotatable bonds is 4. The monoisotopic (exact) mass is 429 g/mol. The van der Waals surface area contributed by atoms with Gasteiger partial charge in [0.15, 0.2) is 4.34 Å². The third-order valence-electron chi connectivity index (χ3n) is 4.31. The van der Waals surface area contributed by atoms with Crippen molar-refractivity contribution >= 4 is 57.9 Å². The van der Waals surface area contributed by atoms with Gasteiger partial charge in [-0.05, 0) is 36.8 Å². The molecule has 0 saturated carbocycles. The highest BCUT2D eigenvalue weighted by Gasteiger charge is 2.30. The first-order valence-corrected chi connectivity index (χ1v) is 10.7. The number of thiazole rings is 1. The first-order chi connectivity index (χ1) is 13.5. The fourth-order valence-corrected chi connectivity index (χ4v) is 5.10. The highest BCUT2D eigenvalue weighted by molar-refractivity contribution is 8.01. The van der Waals surface area contributed by atoms with E-state index in [9.17, 15) is 9.59 Å². The molecule has 8 heteroatoms. The van der Waals surface area contributed by atoms with Crippen LogP contribution in [0.3, 0.4) is 0 Å². The van der Waals surface area contributed by atoms with Gasteiger partial charge in [0.2, 0.25) is 11.8 Å². The molecule has 5 nitrogen and oxygen atoms in total. The molecule has 0 bridgehead atoms. The summed E-state index contributed by atoms with van der Waals surface area (Å²) >= 11 is 9.46. The van der Waals surface area contributed by atoms with Crippen LogP contribution in [0.2, 0.25) is 5.02 Å². The fourth-order valence-electron chi connectivity index (χ4n) is 3.01. The number of hydrogen-bond acceptors (Lipinski definition) is 5. The molecule has 1 atom stereocenters. The Morgan fingerprint density at radius 1 is 1.32 bits per heavy atom. The lowest BCUT2D eigenvalue weighted by Gasteiger charge is -2.24. The molecule has 0 aliphatic carbocycles. The van der Waals surface area contributed by atoms with Crippen LogP contribution in [0.4, 0.5) is 11.4 Å². The molecule has 2 amide bonds. The van der Waals surface area contributed by atoms with E-state index in [1.807, 2.05) is 36.6 Å². The molecule has 1 aliphatic rings. The molecule has 28 heavy (non-hydrogen) atoms. The fraction of sp³-hybridized carbons (Fsp3) is 0.150. The van der Waals surface area contributed by atoms with Crippen molar-refractivity contribution in [2.45, 2.75) is 28.5 Å². The Kier molecular flexibility index (Phi) is 5.39. The maximum absolute atomic E-state index is 12.8. The minimum absolute atomic E-state index is 0.119. The normalized spacial score (nSPS) is 15.6. The second kappa shape index (κ2) is 7.95. The van der Waals surface area contributed by atoms with E-state index in [1.54, 1.807) is 29.5 Å². The number of aryl methyl sites for hydroxylation is 1. The Morgan fingerprint density at radius 3 is 2.89 bits per heavy atom. The van der Waals surface area contributed by atoms with Gasteiger partial charge >= 0.3 is 0 Å². The average Bonchev–Trinajstić information content (AvgIpc) is 3.08. The van der Waals surface area contributed by atoms with Gasteiger partial charge in [-0.15, -0.1) is 11.3 Å². The Morgan fingerprint density at radius 2 is 2.14 bits per heavy atom. The van der Waals surface area contributed by atoms with E-state index in [1.165, 1.54) is 11.8 Å². The summed E-state index contributed by atoms with van der Waals surface area (Å²) in [6.45, 7) is 1.95. The van der Waals surface area contributed by atoms with Gasteiger partial charge in [0.25, 0.3) is 0 Å². The number of carbonyl (C=O) groups is 2. The predicted molar refractivity (Wildman–Crippen MR) is 113 cm³/mol. The van der Waals surface area contributed by atoms with Crippen molar-refractivity contribution in [3.05, 3.63) is 64.1 Å². The van der Waals surface area contributed by atoms with Crippen LogP contribution in [0.1, 0.15) is 23.6 Å². The quantitative estimate of drug-likeness (QED) is 0.588. The molecule has 4 rings (SSSR count). The van der Waals surface area contributed by atoms with Crippen LogP contribution in [0.25, 0.3) is 0 Å². The van der Waals surface area contributed by atoms with Crippen molar-refractivity contribution in [3.8, 4) is 0 Å². The molecule has 0 saturated heterocycles. The van der Waals surface area contributed by atoms with E-state index >= 15 is 0 Å². The van der Waals surface area contributed by atoms with E-state index in [0.29, 0.717) is 16.4 Å². The molecular formula is C20H16ClN3O2S2. The summed E-state index contributed by atoms with van der Waals surface area (Å²) in [5.74, 6) is -0.923. The topological polar surface area (TPSA) is 71.1 Å². The average molecular weight is 430 g/mol. The van der Waals surface area contributed by atoms with Crippen LogP contribution < -0.4 is 10.6 Å². The maximum Gasteiger partial charge on any atom is 0.232 e. The van der Waals surface area contributed by atoms with Crippen molar-refractivity contribution in [1.82, 2.24) is 4.98 Å². The zero-order valence-electron chi connectivity index (χ0n) is 14.9. The van der Waals surface area contributed by atoms with Crippen molar-refractivity contribution in [2.24, 2.45) is 0 Å². The zero-order chi connectivity index (χ0) is 19.7. The van der Waals surface area contributed by atoms with E-state index in [2.05, 4.69) is 15.6 Å². The Labute approximate surface area is 175 Å². The summed E-state index contributed by atoms with van der Waals surface area (Å²) in [5, 5.41) is 8.21. The van der Waals surface area contributed by atoms with Crippen LogP contribution in [0.15, 0.2) is 57.1 Å². The van der Waals surface area contributed by atoms with Crippen LogP contribution >= 0.6 is 34.7 Å². The summed E-state index contributed by atoms with van der Waals surface area (Å²) in [6.07, 6.45) is 0.119. The number of fused-ring (bicyclic) bond motifs is 1. The second-order valence-electron chi connectivity index (χ2n) is 6.38. The van der Waals surface area contributed by atoms with Crippen molar-refractivity contribution in [2.75, 3.05) is 10.6 Å². The van der Waals surface area contributed by atoms with Gasteiger partial charge in [-0.25, -0.2) is 4.98 Å². The summed E-state index contributed by atoms with van der Waals surface area (Å²) in [6, 6.07) is 12.7. The Balaban J connectivity index is 1.51. The number of para-hydroxylation sites is 1. The SMILES string of the molecule is Cc1csc(Sc2ccc(NC(=O)C3CC(=O)Nc4ccccc43)cc2Cl)n1. The smallest absolute Gasteiger partial charge is 0.232 e. The third-order valence-corrected chi connectivity index (χ3v) is 6.87. The van der Waals surface area contributed by atoms with Crippen LogP contribution in [0, 0.1) is 6.92 Å². The molecule has 0 fully saturated rings. The number of hydrogen-bond donors (Lipinski definition) is 2. The molecular weight excluding hydrogens is 414 g/mol. The van der Waals surface area contributed by atoms with Crippen molar-refractivity contribution < 1.29 is 9.59 Å². The van der Waals surface area contributed by atoms with E-state index in [0.717, 1.165) is 20.5 Å². The van der Waals surface area contributed by atoms with Crippen molar-refractivity contribution in [3.63, 3.8) is 0 Å². The Hall–Kier alpha value is -2.35. The third kappa shape index (κ3) is 4.06. The lowest BCUT2D eigenvalue weighted by atomic mass is 9.90. The largest absolute Gasteiger partial charge is 0.326 e. The highest BCUT2D eigenvalue weighted by atomic mass is 35.5. The van der Waals surface area contributed by atoms with Gasteiger partial charge in [0.1, 0.15) is 0 Å². The molecule has 1 aromatic heterocycles. The number of nitrogens with zero attached hydrogens (tertiary/aromatic N) is 1. The molecule has 2 N–H and O–H groups in total. The second-order valence-corrected chi connectivity index (χ2v) is 8.94. The highest BCUT2D eigenvalue weighted by Crippen LogP contribution is 2.37. The summed E-state index contributed by atoms with van der Waals surface area (Å²) in [5.41, 5.74) is 3.07. The minimum atomic E-state index is -0.531. The molecule has 2 aromatic carbocycles. The number of amides is 2. The van der Waals surface area contributed by atoms with Gasteiger partial charge in [-0.3, -0.25) is 9.59 Å². The molecule has 142 valence electrons. The predicted octanol–water partition coefficient (Wildman–Crippen LogP) is 5.32.